The first-order valence-electron chi connectivity index (χ1n) is 7.47. The second kappa shape index (κ2) is 6.53. The molecule has 0 unspecified atom stereocenters. The topological polar surface area (TPSA) is 49.6 Å². The molecule has 2 rings (SSSR count). The molecule has 0 aromatic rings. The highest BCUT2D eigenvalue weighted by Gasteiger charge is 2.28. The van der Waals surface area contributed by atoms with Crippen LogP contribution in [0.1, 0.15) is 39.0 Å². The smallest absolute Gasteiger partial charge is 0.239 e. The number of unbranched alkanes of at least 4 members (excludes halogenated alkanes) is 1. The first-order chi connectivity index (χ1) is 8.70. The molecule has 0 aromatic heterocycles. The number of rotatable bonds is 6. The highest BCUT2D eigenvalue weighted by molar-refractivity contribution is 5.81. The SMILES string of the molecule is CCCC[C@H](N)C(=O)N1CCN(CC2CC2)CC1. The molecule has 1 heterocycles. The normalized spacial score (nSPS) is 23.1. The summed E-state index contributed by atoms with van der Waals surface area (Å²) in [4.78, 5) is 16.6. The lowest BCUT2D eigenvalue weighted by Crippen LogP contribution is -2.53. The third kappa shape index (κ3) is 3.95. The van der Waals surface area contributed by atoms with Gasteiger partial charge in [-0.05, 0) is 25.2 Å². The Morgan fingerprint density at radius 3 is 2.50 bits per heavy atom. The molecule has 0 aromatic carbocycles. The minimum absolute atomic E-state index is 0.162. The lowest BCUT2D eigenvalue weighted by atomic mass is 10.1. The fourth-order valence-electron chi connectivity index (χ4n) is 2.60. The van der Waals surface area contributed by atoms with Crippen LogP contribution in [0.15, 0.2) is 0 Å². The number of nitrogens with zero attached hydrogens (tertiary/aromatic N) is 2. The first kappa shape index (κ1) is 13.8. The van der Waals surface area contributed by atoms with Gasteiger partial charge in [0.15, 0.2) is 0 Å². The van der Waals surface area contributed by atoms with E-state index in [1.165, 1.54) is 19.4 Å². The van der Waals surface area contributed by atoms with E-state index in [-0.39, 0.29) is 11.9 Å². The van der Waals surface area contributed by atoms with E-state index in [9.17, 15) is 4.79 Å². The van der Waals surface area contributed by atoms with Gasteiger partial charge in [-0.15, -0.1) is 0 Å². The Labute approximate surface area is 110 Å². The van der Waals surface area contributed by atoms with E-state index >= 15 is 0 Å². The van der Waals surface area contributed by atoms with Gasteiger partial charge in [0.05, 0.1) is 6.04 Å². The number of carbonyl (C=O) groups is 1. The van der Waals surface area contributed by atoms with Crippen LogP contribution in [-0.4, -0.2) is 54.5 Å². The van der Waals surface area contributed by atoms with Gasteiger partial charge >= 0.3 is 0 Å². The maximum absolute atomic E-state index is 12.1. The van der Waals surface area contributed by atoms with Crippen LogP contribution in [0.5, 0.6) is 0 Å². The summed E-state index contributed by atoms with van der Waals surface area (Å²) in [7, 11) is 0. The van der Waals surface area contributed by atoms with Crippen molar-refractivity contribution in [2.24, 2.45) is 11.7 Å². The molecule has 1 atom stereocenters. The Hall–Kier alpha value is -0.610. The summed E-state index contributed by atoms with van der Waals surface area (Å²) in [5, 5.41) is 0. The van der Waals surface area contributed by atoms with Gasteiger partial charge < -0.3 is 10.6 Å². The van der Waals surface area contributed by atoms with Crippen molar-refractivity contribution in [2.45, 2.75) is 45.1 Å². The van der Waals surface area contributed by atoms with Crippen LogP contribution >= 0.6 is 0 Å². The van der Waals surface area contributed by atoms with Crippen molar-refractivity contribution in [1.82, 2.24) is 9.80 Å². The third-order valence-electron chi connectivity index (χ3n) is 4.08. The molecule has 18 heavy (non-hydrogen) atoms. The summed E-state index contributed by atoms with van der Waals surface area (Å²) >= 11 is 0. The Kier molecular flexibility index (Phi) is 5.01. The highest BCUT2D eigenvalue weighted by atomic mass is 16.2. The number of hydrogen-bond acceptors (Lipinski definition) is 3. The molecule has 4 heteroatoms. The lowest BCUT2D eigenvalue weighted by molar-refractivity contribution is -0.134. The van der Waals surface area contributed by atoms with Crippen molar-refractivity contribution in [2.75, 3.05) is 32.7 Å². The van der Waals surface area contributed by atoms with Gasteiger partial charge in [0.2, 0.25) is 5.91 Å². The molecule has 1 aliphatic carbocycles. The maximum Gasteiger partial charge on any atom is 0.239 e. The molecule has 4 nitrogen and oxygen atoms in total. The molecular formula is C14H27N3O. The number of hydrogen-bond donors (Lipinski definition) is 1. The molecule has 1 amide bonds. The summed E-state index contributed by atoms with van der Waals surface area (Å²) in [6.07, 6.45) is 5.80. The largest absolute Gasteiger partial charge is 0.339 e. The summed E-state index contributed by atoms with van der Waals surface area (Å²) in [5.74, 6) is 1.11. The lowest BCUT2D eigenvalue weighted by Gasteiger charge is -2.36. The van der Waals surface area contributed by atoms with E-state index in [0.717, 1.165) is 51.4 Å². The molecule has 2 fully saturated rings. The Bertz CT molecular complexity index is 270. The second-order valence-electron chi connectivity index (χ2n) is 5.82. The standard InChI is InChI=1S/C14H27N3O/c1-2-3-4-13(15)14(18)17-9-7-16(8-10-17)11-12-5-6-12/h12-13H,2-11,15H2,1H3/t13-/m0/s1. The van der Waals surface area contributed by atoms with E-state index in [1.807, 2.05) is 4.90 Å². The van der Waals surface area contributed by atoms with Gasteiger partial charge in [-0.2, -0.15) is 0 Å². The van der Waals surface area contributed by atoms with Crippen LogP contribution < -0.4 is 5.73 Å². The van der Waals surface area contributed by atoms with Gasteiger partial charge in [-0.3, -0.25) is 9.69 Å². The zero-order valence-electron chi connectivity index (χ0n) is 11.6. The predicted molar refractivity (Wildman–Crippen MR) is 73.2 cm³/mol. The summed E-state index contributed by atoms with van der Waals surface area (Å²) < 4.78 is 0. The van der Waals surface area contributed by atoms with Crippen LogP contribution in [0.4, 0.5) is 0 Å². The third-order valence-corrected chi connectivity index (χ3v) is 4.08. The molecule has 1 aliphatic heterocycles. The van der Waals surface area contributed by atoms with Gasteiger partial charge in [-0.25, -0.2) is 0 Å². The molecule has 0 radical (unpaired) electrons. The maximum atomic E-state index is 12.1. The van der Waals surface area contributed by atoms with Crippen LogP contribution in [0.2, 0.25) is 0 Å². The van der Waals surface area contributed by atoms with Crippen LogP contribution in [0.3, 0.4) is 0 Å². The van der Waals surface area contributed by atoms with Crippen molar-refractivity contribution in [1.29, 1.82) is 0 Å². The van der Waals surface area contributed by atoms with E-state index in [2.05, 4.69) is 11.8 Å². The molecule has 0 spiro atoms. The molecule has 2 aliphatic rings. The van der Waals surface area contributed by atoms with Gasteiger partial charge in [0.25, 0.3) is 0 Å². The number of nitrogens with two attached hydrogens (primary N) is 1. The number of amides is 1. The van der Waals surface area contributed by atoms with Crippen molar-refractivity contribution < 1.29 is 4.79 Å². The Morgan fingerprint density at radius 2 is 1.94 bits per heavy atom. The van der Waals surface area contributed by atoms with Crippen molar-refractivity contribution >= 4 is 5.91 Å². The summed E-state index contributed by atoms with van der Waals surface area (Å²) in [5.41, 5.74) is 5.95. The van der Waals surface area contributed by atoms with Crippen molar-refractivity contribution in [3.05, 3.63) is 0 Å². The minimum atomic E-state index is -0.278. The van der Waals surface area contributed by atoms with Crippen LogP contribution in [0.25, 0.3) is 0 Å². The van der Waals surface area contributed by atoms with Gasteiger partial charge in [0, 0.05) is 32.7 Å². The zero-order valence-corrected chi connectivity index (χ0v) is 11.6. The number of carbonyl (C=O) groups excluding carboxylic acids is 1. The first-order valence-corrected chi connectivity index (χ1v) is 7.47. The molecule has 1 saturated heterocycles. The molecule has 2 N–H and O–H groups in total. The van der Waals surface area contributed by atoms with Crippen LogP contribution in [-0.2, 0) is 4.79 Å². The monoisotopic (exact) mass is 253 g/mol. The van der Waals surface area contributed by atoms with E-state index in [1.54, 1.807) is 0 Å². The Morgan fingerprint density at radius 1 is 1.28 bits per heavy atom. The quantitative estimate of drug-likeness (QED) is 0.770. The van der Waals surface area contributed by atoms with Crippen molar-refractivity contribution in [3.63, 3.8) is 0 Å². The van der Waals surface area contributed by atoms with Crippen LogP contribution in [0, 0.1) is 5.92 Å². The summed E-state index contributed by atoms with van der Waals surface area (Å²) in [6.45, 7) is 7.17. The predicted octanol–water partition coefficient (Wildman–Crippen LogP) is 1.06. The van der Waals surface area contributed by atoms with Gasteiger partial charge in [-0.1, -0.05) is 19.8 Å². The fourth-order valence-corrected chi connectivity index (χ4v) is 2.60. The molecular weight excluding hydrogens is 226 g/mol. The number of piperazine rings is 1. The highest BCUT2D eigenvalue weighted by Crippen LogP contribution is 2.29. The van der Waals surface area contributed by atoms with E-state index in [0.29, 0.717) is 0 Å². The van der Waals surface area contributed by atoms with E-state index < -0.39 is 0 Å². The van der Waals surface area contributed by atoms with E-state index in [4.69, 9.17) is 5.73 Å². The van der Waals surface area contributed by atoms with Gasteiger partial charge in [0.1, 0.15) is 0 Å². The fraction of sp³-hybridized carbons (Fsp3) is 0.929. The molecule has 1 saturated carbocycles. The second-order valence-corrected chi connectivity index (χ2v) is 5.82. The van der Waals surface area contributed by atoms with Crippen molar-refractivity contribution in [3.8, 4) is 0 Å². The zero-order chi connectivity index (χ0) is 13.0. The Balaban J connectivity index is 1.68. The minimum Gasteiger partial charge on any atom is -0.339 e. The molecule has 104 valence electrons. The summed E-state index contributed by atoms with van der Waals surface area (Å²) in [6, 6.07) is -0.278. The average Bonchev–Trinajstić information content (AvgIpc) is 3.20. The average molecular weight is 253 g/mol. The molecule has 0 bridgehead atoms.